The number of nitrogens with zero attached hydrogens (tertiary/aromatic N) is 2. The molecule has 3 nitrogen and oxygen atoms in total. The molecule has 0 saturated heterocycles. The number of thiazole rings is 1. The van der Waals surface area contributed by atoms with Gasteiger partial charge in [-0.3, -0.25) is 4.40 Å². The number of benzene rings is 1. The first-order valence-corrected chi connectivity index (χ1v) is 6.89. The molecule has 3 rings (SSSR count). The van der Waals surface area contributed by atoms with Gasteiger partial charge in [0.05, 0.1) is 22.9 Å². The van der Waals surface area contributed by atoms with Gasteiger partial charge in [0.15, 0.2) is 4.96 Å². The summed E-state index contributed by atoms with van der Waals surface area (Å²) in [5.41, 5.74) is 3.12. The second kappa shape index (κ2) is 4.63. The van der Waals surface area contributed by atoms with Gasteiger partial charge in [-0.2, -0.15) is 0 Å². The van der Waals surface area contributed by atoms with E-state index in [1.54, 1.807) is 11.3 Å². The molecule has 0 saturated carbocycles. The van der Waals surface area contributed by atoms with Gasteiger partial charge in [0.1, 0.15) is 0 Å². The van der Waals surface area contributed by atoms with Crippen molar-refractivity contribution in [3.8, 4) is 0 Å². The maximum Gasteiger partial charge on any atom is 0.193 e. The lowest BCUT2D eigenvalue weighted by atomic mass is 10.2. The first-order valence-electron chi connectivity index (χ1n) is 5.63. The Labute approximate surface area is 114 Å². The van der Waals surface area contributed by atoms with Crippen molar-refractivity contribution in [2.45, 2.75) is 13.5 Å². The number of halogens is 1. The molecule has 0 unspecified atom stereocenters. The third-order valence-electron chi connectivity index (χ3n) is 2.73. The van der Waals surface area contributed by atoms with Crippen LogP contribution in [0.25, 0.3) is 4.96 Å². The van der Waals surface area contributed by atoms with Crippen LogP contribution in [0.4, 0.5) is 5.69 Å². The molecule has 0 bridgehead atoms. The van der Waals surface area contributed by atoms with Gasteiger partial charge >= 0.3 is 0 Å². The second-order valence-corrected chi connectivity index (χ2v) is 5.44. The quantitative estimate of drug-likeness (QED) is 0.785. The fraction of sp³-hybridized carbons (Fsp3) is 0.154. The number of aryl methyl sites for hydroxylation is 1. The normalized spacial score (nSPS) is 11.0. The van der Waals surface area contributed by atoms with Crippen LogP contribution in [-0.4, -0.2) is 9.38 Å². The minimum atomic E-state index is 0.678. The van der Waals surface area contributed by atoms with Crippen LogP contribution in [0.1, 0.15) is 11.3 Å². The minimum Gasteiger partial charge on any atom is -0.378 e. The number of hydrogen-bond acceptors (Lipinski definition) is 3. The van der Waals surface area contributed by atoms with Crippen LogP contribution in [0.3, 0.4) is 0 Å². The lowest BCUT2D eigenvalue weighted by Gasteiger charge is -2.07. The molecule has 2 aromatic heterocycles. The van der Waals surface area contributed by atoms with Crippen molar-refractivity contribution in [1.82, 2.24) is 9.38 Å². The molecule has 0 aliphatic carbocycles. The van der Waals surface area contributed by atoms with E-state index in [4.69, 9.17) is 11.6 Å². The van der Waals surface area contributed by atoms with Crippen molar-refractivity contribution in [3.63, 3.8) is 0 Å². The summed E-state index contributed by atoms with van der Waals surface area (Å²) in [6, 6.07) is 5.99. The van der Waals surface area contributed by atoms with Crippen LogP contribution in [0.2, 0.25) is 5.02 Å². The summed E-state index contributed by atoms with van der Waals surface area (Å²) in [6.45, 7) is 2.70. The lowest BCUT2D eigenvalue weighted by molar-refractivity contribution is 1.08. The van der Waals surface area contributed by atoms with Gasteiger partial charge in [-0.15, -0.1) is 11.3 Å². The predicted octanol–water partition coefficient (Wildman–Crippen LogP) is 3.97. The second-order valence-electron chi connectivity index (χ2n) is 4.16. The molecule has 0 aliphatic rings. The molecule has 92 valence electrons. The van der Waals surface area contributed by atoms with Gasteiger partial charge in [0, 0.05) is 17.8 Å². The SMILES string of the molecule is Cc1ccc(NCc2cn3ccsc3n2)c(Cl)c1. The van der Waals surface area contributed by atoms with Gasteiger partial charge in [-0.05, 0) is 24.6 Å². The Morgan fingerprint density at radius 1 is 1.44 bits per heavy atom. The van der Waals surface area contributed by atoms with Crippen LogP contribution < -0.4 is 5.32 Å². The molecule has 3 aromatic rings. The van der Waals surface area contributed by atoms with E-state index in [-0.39, 0.29) is 0 Å². The van der Waals surface area contributed by atoms with Crippen molar-refractivity contribution in [3.05, 3.63) is 52.3 Å². The van der Waals surface area contributed by atoms with E-state index in [1.807, 2.05) is 47.3 Å². The summed E-state index contributed by atoms with van der Waals surface area (Å²) in [5, 5.41) is 6.07. The Morgan fingerprint density at radius 3 is 3.11 bits per heavy atom. The number of nitrogens with one attached hydrogen (secondary N) is 1. The van der Waals surface area contributed by atoms with Crippen LogP contribution in [0, 0.1) is 6.92 Å². The molecule has 0 spiro atoms. The topological polar surface area (TPSA) is 29.3 Å². The Kier molecular flexibility index (Phi) is 2.97. The van der Waals surface area contributed by atoms with Crippen molar-refractivity contribution >= 4 is 33.6 Å². The predicted molar refractivity (Wildman–Crippen MR) is 76.6 cm³/mol. The summed E-state index contributed by atoms with van der Waals surface area (Å²) < 4.78 is 2.03. The smallest absolute Gasteiger partial charge is 0.193 e. The highest BCUT2D eigenvalue weighted by Crippen LogP contribution is 2.23. The molecule has 0 radical (unpaired) electrons. The molecule has 0 fully saturated rings. The number of imidazole rings is 1. The summed E-state index contributed by atoms with van der Waals surface area (Å²) in [4.78, 5) is 5.53. The molecule has 2 heterocycles. The maximum absolute atomic E-state index is 6.17. The van der Waals surface area contributed by atoms with E-state index in [0.717, 1.165) is 26.9 Å². The van der Waals surface area contributed by atoms with Gasteiger partial charge < -0.3 is 5.32 Å². The van der Waals surface area contributed by atoms with E-state index < -0.39 is 0 Å². The van der Waals surface area contributed by atoms with E-state index >= 15 is 0 Å². The molecule has 1 N–H and O–H groups in total. The largest absolute Gasteiger partial charge is 0.378 e. The highest BCUT2D eigenvalue weighted by molar-refractivity contribution is 7.15. The molecule has 5 heteroatoms. The Morgan fingerprint density at radius 2 is 2.33 bits per heavy atom. The van der Waals surface area contributed by atoms with E-state index in [0.29, 0.717) is 6.54 Å². The first kappa shape index (κ1) is 11.6. The number of rotatable bonds is 3. The zero-order valence-corrected chi connectivity index (χ0v) is 11.4. The van der Waals surface area contributed by atoms with Crippen LogP contribution >= 0.6 is 22.9 Å². The van der Waals surface area contributed by atoms with E-state index in [2.05, 4.69) is 10.3 Å². The first-order chi connectivity index (χ1) is 8.72. The van der Waals surface area contributed by atoms with Crippen LogP contribution in [0.5, 0.6) is 0 Å². The molecule has 0 amide bonds. The summed E-state index contributed by atoms with van der Waals surface area (Å²) in [5.74, 6) is 0. The highest BCUT2D eigenvalue weighted by atomic mass is 35.5. The minimum absolute atomic E-state index is 0.678. The van der Waals surface area contributed by atoms with E-state index in [1.165, 1.54) is 0 Å². The van der Waals surface area contributed by atoms with Gasteiger partial charge in [-0.25, -0.2) is 4.98 Å². The van der Waals surface area contributed by atoms with Crippen molar-refractivity contribution in [2.24, 2.45) is 0 Å². The Hall–Kier alpha value is -1.52. The standard InChI is InChI=1S/C13H12ClN3S/c1-9-2-3-12(11(14)6-9)15-7-10-8-17-4-5-18-13(17)16-10/h2-6,8,15H,7H2,1H3. The Bertz CT molecular complexity index is 658. The molecular weight excluding hydrogens is 266 g/mol. The fourth-order valence-corrected chi connectivity index (χ4v) is 2.83. The molecule has 0 aliphatic heterocycles. The third kappa shape index (κ3) is 2.21. The number of aromatic nitrogens is 2. The average Bonchev–Trinajstić information content (AvgIpc) is 2.88. The van der Waals surface area contributed by atoms with Gasteiger partial charge in [0.25, 0.3) is 0 Å². The molecule has 18 heavy (non-hydrogen) atoms. The van der Waals surface area contributed by atoms with Crippen molar-refractivity contribution in [1.29, 1.82) is 0 Å². The fourth-order valence-electron chi connectivity index (χ4n) is 1.81. The highest BCUT2D eigenvalue weighted by Gasteiger charge is 2.04. The van der Waals surface area contributed by atoms with E-state index in [9.17, 15) is 0 Å². The summed E-state index contributed by atoms with van der Waals surface area (Å²) in [6.07, 6.45) is 4.04. The average molecular weight is 278 g/mol. The Balaban J connectivity index is 1.76. The monoisotopic (exact) mass is 277 g/mol. The number of fused-ring (bicyclic) bond motifs is 1. The molecular formula is C13H12ClN3S. The summed E-state index contributed by atoms with van der Waals surface area (Å²) >= 11 is 7.80. The van der Waals surface area contributed by atoms with Crippen molar-refractivity contribution < 1.29 is 0 Å². The molecule has 0 atom stereocenters. The lowest BCUT2D eigenvalue weighted by Crippen LogP contribution is -2.00. The van der Waals surface area contributed by atoms with Gasteiger partial charge in [-0.1, -0.05) is 17.7 Å². The zero-order valence-electron chi connectivity index (χ0n) is 9.85. The molecule has 1 aromatic carbocycles. The zero-order chi connectivity index (χ0) is 12.5. The number of anilines is 1. The number of hydrogen-bond donors (Lipinski definition) is 1. The summed E-state index contributed by atoms with van der Waals surface area (Å²) in [7, 11) is 0. The van der Waals surface area contributed by atoms with Gasteiger partial charge in [0.2, 0.25) is 0 Å². The third-order valence-corrected chi connectivity index (χ3v) is 3.81. The van der Waals surface area contributed by atoms with Crippen LogP contribution in [0.15, 0.2) is 36.0 Å². The maximum atomic E-state index is 6.17. The van der Waals surface area contributed by atoms with Crippen LogP contribution in [-0.2, 0) is 6.54 Å². The van der Waals surface area contributed by atoms with Crippen molar-refractivity contribution in [2.75, 3.05) is 5.32 Å².